The molecule has 0 N–H and O–H groups in total. The normalized spacial score (nSPS) is 11.3. The molecule has 12 nitrogen and oxygen atoms in total. The second-order valence-corrected chi connectivity index (χ2v) is 14.1. The average Bonchev–Trinajstić information content (AvgIpc) is 2.86. The van der Waals surface area contributed by atoms with Crippen LogP contribution in [-0.2, 0) is 52.2 Å². The Bertz CT molecular complexity index is 761. The van der Waals surface area contributed by atoms with E-state index in [9.17, 15) is 28.8 Å². The van der Waals surface area contributed by atoms with E-state index in [-0.39, 0.29) is 4.44 Å². The molecular weight excluding hydrogens is 587 g/mol. The summed E-state index contributed by atoms with van der Waals surface area (Å²) in [5.74, 6) is -5.89. The van der Waals surface area contributed by atoms with Crippen LogP contribution in [0.2, 0.25) is 4.44 Å². The fourth-order valence-electron chi connectivity index (χ4n) is 2.51. The third-order valence-electron chi connectivity index (χ3n) is 4.27. The van der Waals surface area contributed by atoms with Crippen molar-refractivity contribution in [2.75, 3.05) is 21.3 Å². The van der Waals surface area contributed by atoms with E-state index >= 15 is 0 Å². The van der Waals surface area contributed by atoms with Crippen molar-refractivity contribution < 1.29 is 52.2 Å². The van der Waals surface area contributed by atoms with Crippen LogP contribution >= 0.6 is 0 Å². The number of ether oxygens (including phenoxy) is 3. The number of carbonyl (C=O) groups excluding carboxylic acids is 6. The number of methoxy groups -OCH3 is 3. The van der Waals surface area contributed by atoms with E-state index in [0.29, 0.717) is 12.8 Å². The van der Waals surface area contributed by atoms with Crippen LogP contribution in [0.15, 0.2) is 36.5 Å². The van der Waals surface area contributed by atoms with Crippen molar-refractivity contribution in [2.45, 2.75) is 49.9 Å². The van der Waals surface area contributed by atoms with Crippen molar-refractivity contribution in [2.24, 2.45) is 0 Å². The van der Waals surface area contributed by atoms with Gasteiger partial charge in [0.25, 0.3) is 0 Å². The first-order valence-electron chi connectivity index (χ1n) is 11.1. The summed E-state index contributed by atoms with van der Waals surface area (Å²) in [7, 11) is 3.31. The van der Waals surface area contributed by atoms with Gasteiger partial charge in [0.1, 0.15) is 0 Å². The zero-order chi connectivity index (χ0) is 27.4. The summed E-state index contributed by atoms with van der Waals surface area (Å²) in [5.41, 5.74) is 0. The minimum atomic E-state index is -5.42. The molecule has 0 saturated heterocycles. The number of hydrogen-bond acceptors (Lipinski definition) is 12. The number of unbranched alkanes of at least 4 members (excludes halogenated alkanes) is 5. The van der Waals surface area contributed by atoms with Gasteiger partial charge < -0.3 is 0 Å². The molecule has 0 aromatic heterocycles. The Hall–Kier alpha value is -3.16. The summed E-state index contributed by atoms with van der Waals surface area (Å²) in [6.45, 7) is 2.06. The molecule has 0 radical (unpaired) electrons. The molecule has 0 heterocycles. The summed E-state index contributed by atoms with van der Waals surface area (Å²) in [6, 6.07) is 0. The van der Waals surface area contributed by atoms with Gasteiger partial charge in [0.15, 0.2) is 0 Å². The van der Waals surface area contributed by atoms with Crippen LogP contribution in [0.4, 0.5) is 0 Å². The second kappa shape index (κ2) is 19.1. The van der Waals surface area contributed by atoms with Crippen LogP contribution in [0.1, 0.15) is 45.4 Å². The summed E-state index contributed by atoms with van der Waals surface area (Å²) in [5, 5.41) is 0. The van der Waals surface area contributed by atoms with Crippen LogP contribution in [0, 0.1) is 0 Å². The SMILES string of the molecule is CCCCCCC[CH2][Sn]([O]C(=O)C=CC(=O)OC)([O]C(=O)/C=C\C(=O)OC)[O]C(=O)/C=C\C(=O)OC. The number of hydrogen-bond donors (Lipinski definition) is 0. The van der Waals surface area contributed by atoms with Crippen molar-refractivity contribution >= 4 is 55.4 Å². The molecule has 0 bridgehead atoms. The minimum absolute atomic E-state index is 0.0752. The third-order valence-corrected chi connectivity index (χ3v) is 11.4. The molecule has 36 heavy (non-hydrogen) atoms. The fourth-order valence-corrected chi connectivity index (χ4v) is 8.90. The molecule has 0 aromatic carbocycles. The molecule has 200 valence electrons. The van der Waals surface area contributed by atoms with Crippen LogP contribution in [-0.4, -0.2) is 76.8 Å². The topological polar surface area (TPSA) is 158 Å². The molecule has 0 atom stereocenters. The molecule has 0 aliphatic rings. The Labute approximate surface area is 215 Å². The first-order chi connectivity index (χ1) is 17.1. The molecule has 13 heteroatoms. The van der Waals surface area contributed by atoms with Gasteiger partial charge in [-0.2, -0.15) is 0 Å². The van der Waals surface area contributed by atoms with E-state index in [2.05, 4.69) is 21.1 Å². The van der Waals surface area contributed by atoms with E-state index in [1.54, 1.807) is 0 Å². The van der Waals surface area contributed by atoms with Gasteiger partial charge in [-0.1, -0.05) is 0 Å². The van der Waals surface area contributed by atoms with Gasteiger partial charge in [0.05, 0.1) is 0 Å². The fraction of sp³-hybridized carbons (Fsp3) is 0.478. The Kier molecular flexibility index (Phi) is 17.4. The number of esters is 3. The Morgan fingerprint density at radius 1 is 0.500 bits per heavy atom. The first kappa shape index (κ1) is 32.8. The molecule has 0 unspecified atom stereocenters. The standard InChI is InChI=1S/C8H17.3C5H6O4.Sn/c1-3-5-7-8-6-4-2;3*1-9-5(8)3-2-4(6)7;/h1,3-8H2,2H3;3*2-3H,1H3,(H,6,7);/q;;;;+3/p-3/b;2*3-2-;;. The van der Waals surface area contributed by atoms with Crippen molar-refractivity contribution in [3.8, 4) is 0 Å². The second-order valence-electron chi connectivity index (χ2n) is 7.03. The molecule has 0 amide bonds. The van der Waals surface area contributed by atoms with Crippen LogP contribution in [0.25, 0.3) is 0 Å². The molecule has 0 rings (SSSR count). The van der Waals surface area contributed by atoms with E-state index < -0.39 is 55.4 Å². The van der Waals surface area contributed by atoms with Crippen LogP contribution < -0.4 is 0 Å². The van der Waals surface area contributed by atoms with Gasteiger partial charge in [0.2, 0.25) is 0 Å². The molecule has 0 fully saturated rings. The zero-order valence-corrected chi connectivity index (χ0v) is 23.7. The van der Waals surface area contributed by atoms with E-state index in [1.807, 2.05) is 0 Å². The molecule has 0 spiro atoms. The summed E-state index contributed by atoms with van der Waals surface area (Å²) in [4.78, 5) is 71.2. The zero-order valence-electron chi connectivity index (χ0n) is 20.8. The van der Waals surface area contributed by atoms with Crippen molar-refractivity contribution in [1.82, 2.24) is 0 Å². The van der Waals surface area contributed by atoms with Crippen molar-refractivity contribution in [3.05, 3.63) is 36.5 Å². The predicted octanol–water partition coefficient (Wildman–Crippen LogP) is 2.10. The predicted molar refractivity (Wildman–Crippen MR) is 126 cm³/mol. The summed E-state index contributed by atoms with van der Waals surface area (Å²) in [6.07, 6.45) is 9.45. The molecule has 0 aromatic rings. The van der Waals surface area contributed by atoms with Crippen molar-refractivity contribution in [1.29, 1.82) is 0 Å². The quantitative estimate of drug-likeness (QED) is 0.0816. The monoisotopic (exact) mass is 620 g/mol. The molecule has 0 aliphatic heterocycles. The van der Waals surface area contributed by atoms with Gasteiger partial charge in [-0.15, -0.1) is 0 Å². The average molecular weight is 619 g/mol. The van der Waals surface area contributed by atoms with Crippen LogP contribution in [0.3, 0.4) is 0 Å². The molecule has 0 aliphatic carbocycles. The maximum absolute atomic E-state index is 12.4. The van der Waals surface area contributed by atoms with E-state index in [4.69, 9.17) is 9.22 Å². The molecular formula is C23H32O12Sn. The van der Waals surface area contributed by atoms with Gasteiger partial charge in [-0.3, -0.25) is 0 Å². The van der Waals surface area contributed by atoms with Crippen molar-refractivity contribution in [3.63, 3.8) is 0 Å². The summed E-state index contributed by atoms with van der Waals surface area (Å²) >= 11 is -5.42. The Morgan fingerprint density at radius 2 is 0.806 bits per heavy atom. The maximum atomic E-state index is 12.4. The van der Waals surface area contributed by atoms with E-state index in [0.717, 1.165) is 83.5 Å². The van der Waals surface area contributed by atoms with E-state index in [1.165, 1.54) is 0 Å². The Morgan fingerprint density at radius 3 is 1.14 bits per heavy atom. The Balaban J connectivity index is 5.97. The van der Waals surface area contributed by atoms with Gasteiger partial charge in [-0.05, 0) is 0 Å². The third kappa shape index (κ3) is 15.7. The number of carbonyl (C=O) groups is 6. The number of rotatable bonds is 16. The van der Waals surface area contributed by atoms with Gasteiger partial charge in [-0.25, -0.2) is 0 Å². The van der Waals surface area contributed by atoms with Gasteiger partial charge in [0, 0.05) is 0 Å². The molecule has 0 saturated carbocycles. The van der Waals surface area contributed by atoms with Gasteiger partial charge >= 0.3 is 215 Å². The summed E-state index contributed by atoms with van der Waals surface area (Å²) < 4.78 is 29.2. The van der Waals surface area contributed by atoms with Crippen LogP contribution in [0.5, 0.6) is 0 Å². The first-order valence-corrected chi connectivity index (χ1v) is 16.6.